The van der Waals surface area contributed by atoms with Gasteiger partial charge in [0.15, 0.2) is 0 Å². The van der Waals surface area contributed by atoms with E-state index in [2.05, 4.69) is 31.1 Å². The third kappa shape index (κ3) is 3.97. The largest absolute Gasteiger partial charge is 0.478 e. The van der Waals surface area contributed by atoms with Crippen LogP contribution >= 0.6 is 0 Å². The van der Waals surface area contributed by atoms with E-state index in [1.807, 2.05) is 6.07 Å². The molecule has 0 aliphatic carbocycles. The number of hydrogen-bond donors (Lipinski definition) is 2. The lowest BCUT2D eigenvalue weighted by molar-refractivity contribution is 0.0694. The molecule has 2 aromatic rings. The molecule has 1 amide bonds. The highest BCUT2D eigenvalue weighted by molar-refractivity contribution is 5.92. The van der Waals surface area contributed by atoms with Crippen LogP contribution in [0.2, 0.25) is 0 Å². The van der Waals surface area contributed by atoms with E-state index in [9.17, 15) is 9.59 Å². The molecular formula is C17H20N2O4. The Morgan fingerprint density at radius 2 is 2.00 bits per heavy atom. The number of rotatable bonds is 4. The number of nitrogens with zero attached hydrogens (tertiary/aromatic N) is 1. The SMILES string of the molecule is Cc1oc(CNC(=O)c2ccc(C(C)(C)C)cn2)cc1C(=O)O. The summed E-state index contributed by atoms with van der Waals surface area (Å²) in [5.41, 5.74) is 1.42. The number of carbonyl (C=O) groups excluding carboxylic acids is 1. The average molecular weight is 316 g/mol. The van der Waals surface area contributed by atoms with Gasteiger partial charge in [-0.3, -0.25) is 9.78 Å². The van der Waals surface area contributed by atoms with Gasteiger partial charge in [-0.2, -0.15) is 0 Å². The lowest BCUT2D eigenvalue weighted by Crippen LogP contribution is -2.24. The van der Waals surface area contributed by atoms with Crippen molar-refractivity contribution in [2.24, 2.45) is 0 Å². The molecule has 23 heavy (non-hydrogen) atoms. The van der Waals surface area contributed by atoms with E-state index in [1.165, 1.54) is 6.07 Å². The maximum absolute atomic E-state index is 12.1. The van der Waals surface area contributed by atoms with Crippen molar-refractivity contribution in [3.8, 4) is 0 Å². The van der Waals surface area contributed by atoms with Crippen molar-refractivity contribution < 1.29 is 19.1 Å². The average Bonchev–Trinajstić information content (AvgIpc) is 2.85. The van der Waals surface area contributed by atoms with Crippen LogP contribution in [0.5, 0.6) is 0 Å². The fourth-order valence-corrected chi connectivity index (χ4v) is 2.07. The molecule has 2 aromatic heterocycles. The van der Waals surface area contributed by atoms with Gasteiger partial charge in [0.2, 0.25) is 0 Å². The van der Waals surface area contributed by atoms with E-state index in [1.54, 1.807) is 19.2 Å². The number of nitrogens with one attached hydrogen (secondary N) is 1. The molecule has 0 atom stereocenters. The second-order valence-electron chi connectivity index (χ2n) is 6.35. The van der Waals surface area contributed by atoms with Gasteiger partial charge >= 0.3 is 5.97 Å². The minimum Gasteiger partial charge on any atom is -0.478 e. The molecule has 0 bridgehead atoms. The minimum absolute atomic E-state index is 0.0269. The van der Waals surface area contributed by atoms with Gasteiger partial charge in [0.25, 0.3) is 5.91 Å². The second kappa shape index (κ2) is 6.24. The Kier molecular flexibility index (Phi) is 4.54. The van der Waals surface area contributed by atoms with Gasteiger partial charge in [0.05, 0.1) is 6.54 Å². The molecule has 2 N–H and O–H groups in total. The number of aromatic nitrogens is 1. The fraction of sp³-hybridized carbons (Fsp3) is 0.353. The van der Waals surface area contributed by atoms with E-state index in [0.29, 0.717) is 17.2 Å². The summed E-state index contributed by atoms with van der Waals surface area (Å²) >= 11 is 0. The standard InChI is InChI=1S/C17H20N2O4/c1-10-13(16(21)22)7-12(23-10)9-19-15(20)14-6-5-11(8-18-14)17(2,3)4/h5-8H,9H2,1-4H3,(H,19,20)(H,21,22). The molecule has 2 heterocycles. The van der Waals surface area contributed by atoms with Gasteiger partial charge in [-0.1, -0.05) is 26.8 Å². The van der Waals surface area contributed by atoms with Crippen LogP contribution in [0.25, 0.3) is 0 Å². The van der Waals surface area contributed by atoms with Crippen molar-refractivity contribution in [3.05, 3.63) is 52.7 Å². The molecule has 0 saturated carbocycles. The molecule has 0 aliphatic heterocycles. The summed E-state index contributed by atoms with van der Waals surface area (Å²) in [6, 6.07) is 4.96. The monoisotopic (exact) mass is 316 g/mol. The summed E-state index contributed by atoms with van der Waals surface area (Å²) in [4.78, 5) is 27.2. The summed E-state index contributed by atoms with van der Waals surface area (Å²) in [6.07, 6.45) is 1.69. The third-order valence-corrected chi connectivity index (χ3v) is 3.48. The van der Waals surface area contributed by atoms with Crippen molar-refractivity contribution in [3.63, 3.8) is 0 Å². The van der Waals surface area contributed by atoms with E-state index in [-0.39, 0.29) is 23.4 Å². The molecule has 0 spiro atoms. The Balaban J connectivity index is 2.02. The maximum Gasteiger partial charge on any atom is 0.339 e. The van der Waals surface area contributed by atoms with Crippen LogP contribution in [0.15, 0.2) is 28.8 Å². The highest BCUT2D eigenvalue weighted by Crippen LogP contribution is 2.21. The number of carboxylic acids is 1. The molecule has 6 heteroatoms. The number of pyridine rings is 1. The van der Waals surface area contributed by atoms with Gasteiger partial charge in [-0.25, -0.2) is 4.79 Å². The highest BCUT2D eigenvalue weighted by atomic mass is 16.4. The van der Waals surface area contributed by atoms with E-state index < -0.39 is 5.97 Å². The third-order valence-electron chi connectivity index (χ3n) is 3.48. The van der Waals surface area contributed by atoms with E-state index >= 15 is 0 Å². The Morgan fingerprint density at radius 1 is 1.30 bits per heavy atom. The van der Waals surface area contributed by atoms with Gasteiger partial charge < -0.3 is 14.8 Å². The molecule has 6 nitrogen and oxygen atoms in total. The van der Waals surface area contributed by atoms with Crippen LogP contribution in [0.3, 0.4) is 0 Å². The molecule has 0 radical (unpaired) electrons. The fourth-order valence-electron chi connectivity index (χ4n) is 2.07. The van der Waals surface area contributed by atoms with Crippen LogP contribution in [0.1, 0.15) is 58.7 Å². The first-order valence-electron chi connectivity index (χ1n) is 7.26. The second-order valence-corrected chi connectivity index (χ2v) is 6.35. The zero-order valence-corrected chi connectivity index (χ0v) is 13.6. The normalized spacial score (nSPS) is 11.3. The quantitative estimate of drug-likeness (QED) is 0.904. The first kappa shape index (κ1) is 16.7. The van der Waals surface area contributed by atoms with Gasteiger partial charge in [-0.15, -0.1) is 0 Å². The Morgan fingerprint density at radius 3 is 2.48 bits per heavy atom. The lowest BCUT2D eigenvalue weighted by Gasteiger charge is -2.18. The summed E-state index contributed by atoms with van der Waals surface area (Å²) in [5.74, 6) is -0.686. The summed E-state index contributed by atoms with van der Waals surface area (Å²) < 4.78 is 5.31. The molecule has 0 unspecified atom stereocenters. The molecule has 0 fully saturated rings. The van der Waals surface area contributed by atoms with Crippen molar-refractivity contribution >= 4 is 11.9 Å². The van der Waals surface area contributed by atoms with Crippen molar-refractivity contribution in [1.82, 2.24) is 10.3 Å². The molecule has 0 aromatic carbocycles. The number of carboxylic acid groups (broad SMARTS) is 1. The molecule has 0 saturated heterocycles. The van der Waals surface area contributed by atoms with E-state index in [4.69, 9.17) is 9.52 Å². The Labute approximate surface area is 134 Å². The predicted octanol–water partition coefficient (Wildman–Crippen LogP) is 2.91. The number of amides is 1. The number of aryl methyl sites for hydroxylation is 1. The van der Waals surface area contributed by atoms with Crippen LogP contribution < -0.4 is 5.32 Å². The zero-order valence-electron chi connectivity index (χ0n) is 13.6. The number of hydrogen-bond acceptors (Lipinski definition) is 4. The first-order valence-corrected chi connectivity index (χ1v) is 7.26. The topological polar surface area (TPSA) is 92.4 Å². The Bertz CT molecular complexity index is 724. The zero-order chi connectivity index (χ0) is 17.2. The van der Waals surface area contributed by atoms with Crippen molar-refractivity contribution in [2.75, 3.05) is 0 Å². The number of aromatic carboxylic acids is 1. The summed E-state index contributed by atoms with van der Waals surface area (Å²) in [7, 11) is 0. The van der Waals surface area contributed by atoms with Gasteiger partial charge in [0.1, 0.15) is 22.8 Å². The van der Waals surface area contributed by atoms with Crippen LogP contribution in [0, 0.1) is 6.92 Å². The molecular weight excluding hydrogens is 296 g/mol. The smallest absolute Gasteiger partial charge is 0.339 e. The maximum atomic E-state index is 12.1. The molecule has 2 rings (SSSR count). The first-order chi connectivity index (χ1) is 10.7. The highest BCUT2D eigenvalue weighted by Gasteiger charge is 2.17. The van der Waals surface area contributed by atoms with Crippen LogP contribution in [-0.4, -0.2) is 22.0 Å². The molecule has 0 aliphatic rings. The predicted molar refractivity (Wildman–Crippen MR) is 84.5 cm³/mol. The number of carbonyl (C=O) groups is 2. The minimum atomic E-state index is -1.05. The van der Waals surface area contributed by atoms with Gasteiger partial charge in [-0.05, 0) is 30.0 Å². The van der Waals surface area contributed by atoms with Gasteiger partial charge in [0, 0.05) is 6.20 Å². The van der Waals surface area contributed by atoms with E-state index in [0.717, 1.165) is 5.56 Å². The molecule has 122 valence electrons. The summed E-state index contributed by atoms with van der Waals surface area (Å²) in [6.45, 7) is 7.90. The van der Waals surface area contributed by atoms with Crippen molar-refractivity contribution in [1.29, 1.82) is 0 Å². The Hall–Kier alpha value is -2.63. The van der Waals surface area contributed by atoms with Crippen molar-refractivity contribution in [2.45, 2.75) is 39.7 Å². The van der Waals surface area contributed by atoms with Crippen LogP contribution in [-0.2, 0) is 12.0 Å². The number of furan rings is 1. The summed E-state index contributed by atoms with van der Waals surface area (Å²) in [5, 5.41) is 11.6. The van der Waals surface area contributed by atoms with Crippen LogP contribution in [0.4, 0.5) is 0 Å². The lowest BCUT2D eigenvalue weighted by atomic mass is 9.88.